The number of non-ortho nitro benzene ring substituents is 1. The van der Waals surface area contributed by atoms with Crippen molar-refractivity contribution in [3.05, 3.63) is 70.4 Å². The number of nitrogens with zero attached hydrogens (tertiary/aromatic N) is 3. The Morgan fingerprint density at radius 3 is 2.47 bits per heavy atom. The van der Waals surface area contributed by atoms with Crippen molar-refractivity contribution in [1.82, 2.24) is 4.57 Å². The van der Waals surface area contributed by atoms with Crippen LogP contribution in [-0.4, -0.2) is 49.2 Å². The van der Waals surface area contributed by atoms with Crippen molar-refractivity contribution in [3.63, 3.8) is 0 Å². The Labute approximate surface area is 184 Å². The van der Waals surface area contributed by atoms with Gasteiger partial charge < -0.3 is 4.74 Å². The number of carbonyl (C=O) groups excluding carboxylic acids is 2. The SMILES string of the molecule is CC[C@H](C(=O)n1cc(C(=O)OC)c2ccccc21)N(c1cccc([N+](=O)[O-])c1)S(C)(=O)=O. The van der Waals surface area contributed by atoms with E-state index in [1.807, 2.05) is 0 Å². The van der Waals surface area contributed by atoms with Crippen molar-refractivity contribution >= 4 is 44.2 Å². The maximum absolute atomic E-state index is 13.6. The second-order valence-corrected chi connectivity index (χ2v) is 8.88. The van der Waals surface area contributed by atoms with Crippen molar-refractivity contribution in [2.45, 2.75) is 19.4 Å². The van der Waals surface area contributed by atoms with Gasteiger partial charge in [0.1, 0.15) is 6.04 Å². The van der Waals surface area contributed by atoms with Crippen LogP contribution in [0.1, 0.15) is 28.5 Å². The third-order valence-corrected chi connectivity index (χ3v) is 6.14. The van der Waals surface area contributed by atoms with Crippen LogP contribution < -0.4 is 4.31 Å². The Bertz CT molecular complexity index is 1310. The average Bonchev–Trinajstić information content (AvgIpc) is 3.15. The second kappa shape index (κ2) is 8.79. The summed E-state index contributed by atoms with van der Waals surface area (Å²) in [4.78, 5) is 36.3. The van der Waals surface area contributed by atoms with Gasteiger partial charge in [-0.25, -0.2) is 13.2 Å². The van der Waals surface area contributed by atoms with Crippen LogP contribution in [-0.2, 0) is 14.8 Å². The maximum Gasteiger partial charge on any atom is 0.340 e. The van der Waals surface area contributed by atoms with E-state index in [4.69, 9.17) is 4.74 Å². The molecular formula is C21H21N3O7S. The molecule has 0 unspecified atom stereocenters. The van der Waals surface area contributed by atoms with E-state index in [1.165, 1.54) is 36.1 Å². The molecule has 0 saturated heterocycles. The summed E-state index contributed by atoms with van der Waals surface area (Å²) in [5.74, 6) is -1.25. The van der Waals surface area contributed by atoms with Crippen LogP contribution in [0.25, 0.3) is 10.9 Å². The van der Waals surface area contributed by atoms with Gasteiger partial charge in [-0.1, -0.05) is 31.2 Å². The van der Waals surface area contributed by atoms with E-state index < -0.39 is 32.9 Å². The molecule has 0 aliphatic carbocycles. The summed E-state index contributed by atoms with van der Waals surface area (Å²) in [5, 5.41) is 11.7. The fraction of sp³-hybridized carbons (Fsp3) is 0.238. The lowest BCUT2D eigenvalue weighted by Crippen LogP contribution is -2.46. The highest BCUT2D eigenvalue weighted by Gasteiger charge is 2.34. The van der Waals surface area contributed by atoms with Crippen LogP contribution in [0.4, 0.5) is 11.4 Å². The standard InChI is InChI=1S/C21H21N3O7S/c1-4-18(23(32(3,29)30)14-8-7-9-15(12-14)24(27)28)20(25)22-13-17(21(26)31-2)16-10-5-6-11-19(16)22/h5-13,18H,4H2,1-3H3/t18-/m1/s1. The van der Waals surface area contributed by atoms with Crippen LogP contribution >= 0.6 is 0 Å². The van der Waals surface area contributed by atoms with E-state index in [9.17, 15) is 28.1 Å². The number of hydrogen-bond donors (Lipinski definition) is 0. The maximum atomic E-state index is 13.6. The number of methoxy groups -OCH3 is 1. The monoisotopic (exact) mass is 459 g/mol. The lowest BCUT2D eigenvalue weighted by molar-refractivity contribution is -0.384. The number of hydrogen-bond acceptors (Lipinski definition) is 7. The minimum Gasteiger partial charge on any atom is -0.465 e. The summed E-state index contributed by atoms with van der Waals surface area (Å²) in [7, 11) is -2.79. The molecule has 0 N–H and O–H groups in total. The molecule has 0 fully saturated rings. The van der Waals surface area contributed by atoms with E-state index in [0.29, 0.717) is 10.9 Å². The Hall–Kier alpha value is -3.73. The number of carbonyl (C=O) groups is 2. The molecule has 0 aliphatic rings. The predicted molar refractivity (Wildman–Crippen MR) is 118 cm³/mol. The first-order valence-electron chi connectivity index (χ1n) is 9.56. The molecular weight excluding hydrogens is 438 g/mol. The largest absolute Gasteiger partial charge is 0.465 e. The first-order chi connectivity index (χ1) is 15.1. The number of esters is 1. The zero-order valence-electron chi connectivity index (χ0n) is 17.6. The molecule has 168 valence electrons. The molecule has 2 aromatic carbocycles. The molecule has 0 amide bonds. The number of ether oxygens (including phenoxy) is 1. The van der Waals surface area contributed by atoms with Crippen molar-refractivity contribution < 1.29 is 27.7 Å². The molecule has 0 radical (unpaired) electrons. The van der Waals surface area contributed by atoms with Crippen molar-refractivity contribution in [3.8, 4) is 0 Å². The van der Waals surface area contributed by atoms with Gasteiger partial charge >= 0.3 is 5.97 Å². The molecule has 1 aromatic heterocycles. The van der Waals surface area contributed by atoms with E-state index >= 15 is 0 Å². The number of sulfonamides is 1. The van der Waals surface area contributed by atoms with Crippen molar-refractivity contribution in [2.75, 3.05) is 17.7 Å². The van der Waals surface area contributed by atoms with E-state index in [1.54, 1.807) is 31.2 Å². The first kappa shape index (κ1) is 22.9. The van der Waals surface area contributed by atoms with Crippen molar-refractivity contribution in [1.29, 1.82) is 0 Å². The molecule has 0 aliphatic heterocycles. The molecule has 3 aromatic rings. The quantitative estimate of drug-likeness (QED) is 0.301. The number of para-hydroxylation sites is 1. The van der Waals surface area contributed by atoms with Gasteiger partial charge in [-0.2, -0.15) is 0 Å². The van der Waals surface area contributed by atoms with Crippen LogP contribution in [0.5, 0.6) is 0 Å². The van der Waals surface area contributed by atoms with Gasteiger partial charge in [0, 0.05) is 23.7 Å². The lowest BCUT2D eigenvalue weighted by atomic mass is 10.1. The average molecular weight is 459 g/mol. The molecule has 0 spiro atoms. The summed E-state index contributed by atoms with van der Waals surface area (Å²) < 4.78 is 32.3. The summed E-state index contributed by atoms with van der Waals surface area (Å²) in [5.41, 5.74) is 0.251. The summed E-state index contributed by atoms with van der Waals surface area (Å²) >= 11 is 0. The molecule has 0 bridgehead atoms. The number of aromatic nitrogens is 1. The second-order valence-electron chi connectivity index (χ2n) is 7.02. The van der Waals surface area contributed by atoms with Gasteiger partial charge in [0.15, 0.2) is 0 Å². The third-order valence-electron chi connectivity index (χ3n) is 4.96. The zero-order valence-corrected chi connectivity index (χ0v) is 18.4. The minimum atomic E-state index is -4.01. The number of fused-ring (bicyclic) bond motifs is 1. The Morgan fingerprint density at radius 1 is 1.19 bits per heavy atom. The number of rotatable bonds is 7. The molecule has 0 saturated carbocycles. The van der Waals surface area contributed by atoms with Crippen molar-refractivity contribution in [2.24, 2.45) is 0 Å². The summed E-state index contributed by atoms with van der Waals surface area (Å²) in [6.07, 6.45) is 2.32. The zero-order chi connectivity index (χ0) is 23.6. The summed E-state index contributed by atoms with van der Waals surface area (Å²) in [6, 6.07) is 10.5. The highest BCUT2D eigenvalue weighted by atomic mass is 32.2. The first-order valence-corrected chi connectivity index (χ1v) is 11.4. The number of nitro groups is 1. The predicted octanol–water partition coefficient (Wildman–Crippen LogP) is 3.22. The van der Waals surface area contributed by atoms with Gasteiger partial charge in [-0.3, -0.25) is 23.8 Å². The van der Waals surface area contributed by atoms with Gasteiger partial charge in [0.05, 0.1) is 35.1 Å². The van der Waals surface area contributed by atoms with Gasteiger partial charge in [0.2, 0.25) is 10.0 Å². The molecule has 11 heteroatoms. The normalized spacial score (nSPS) is 12.3. The third kappa shape index (κ3) is 4.19. The van der Waals surface area contributed by atoms with Gasteiger partial charge in [-0.05, 0) is 18.6 Å². The molecule has 1 atom stereocenters. The molecule has 3 rings (SSSR count). The van der Waals surface area contributed by atoms with Crippen LogP contribution in [0.15, 0.2) is 54.7 Å². The van der Waals surface area contributed by atoms with Gasteiger partial charge in [0.25, 0.3) is 11.6 Å². The Morgan fingerprint density at radius 2 is 1.88 bits per heavy atom. The minimum absolute atomic E-state index is 0.00782. The van der Waals surface area contributed by atoms with E-state index in [2.05, 4.69) is 0 Å². The lowest BCUT2D eigenvalue weighted by Gasteiger charge is -2.30. The number of nitro benzene ring substituents is 1. The number of anilines is 1. The fourth-order valence-corrected chi connectivity index (χ4v) is 4.78. The highest BCUT2D eigenvalue weighted by molar-refractivity contribution is 7.92. The fourth-order valence-electron chi connectivity index (χ4n) is 3.58. The van der Waals surface area contributed by atoms with Crippen LogP contribution in [0.3, 0.4) is 0 Å². The molecule has 32 heavy (non-hydrogen) atoms. The smallest absolute Gasteiger partial charge is 0.340 e. The van der Waals surface area contributed by atoms with E-state index in [-0.39, 0.29) is 23.4 Å². The Kier molecular flexibility index (Phi) is 6.30. The summed E-state index contributed by atoms with van der Waals surface area (Å²) in [6.45, 7) is 1.63. The number of benzene rings is 2. The van der Waals surface area contributed by atoms with Crippen LogP contribution in [0, 0.1) is 10.1 Å². The molecule has 10 nitrogen and oxygen atoms in total. The van der Waals surface area contributed by atoms with E-state index in [0.717, 1.165) is 16.6 Å². The topological polar surface area (TPSA) is 129 Å². The highest BCUT2D eigenvalue weighted by Crippen LogP contribution is 2.29. The Balaban J connectivity index is 2.18. The molecule has 1 heterocycles. The van der Waals surface area contributed by atoms with Gasteiger partial charge in [-0.15, -0.1) is 0 Å². The van der Waals surface area contributed by atoms with Crippen LogP contribution in [0.2, 0.25) is 0 Å².